The van der Waals surface area contributed by atoms with Crippen molar-refractivity contribution >= 4 is 34.2 Å². The zero-order valence-electron chi connectivity index (χ0n) is 8.02. The van der Waals surface area contributed by atoms with Crippen LogP contribution in [0.2, 0.25) is 0 Å². The first-order chi connectivity index (χ1) is 7.50. The molecular formula is C8H9N3O4S. The number of hydrogen-bond acceptors (Lipinski definition) is 4. The molecule has 0 aromatic carbocycles. The van der Waals surface area contributed by atoms with Gasteiger partial charge in [-0.3, -0.25) is 10.1 Å². The summed E-state index contributed by atoms with van der Waals surface area (Å²) in [7, 11) is 0. The smallest absolute Gasteiger partial charge is 0.338 e. The fourth-order valence-electron chi connectivity index (χ4n) is 0.889. The van der Waals surface area contributed by atoms with Crippen molar-refractivity contribution in [3.8, 4) is 0 Å². The molecule has 0 fully saturated rings. The Labute approximate surface area is 94.2 Å². The first-order valence-electron chi connectivity index (χ1n) is 4.14. The zero-order chi connectivity index (χ0) is 12.1. The molecule has 0 aliphatic rings. The number of carboxylic acids is 1. The largest absolute Gasteiger partial charge is 0.478 e. The van der Waals surface area contributed by atoms with Crippen LogP contribution in [0.25, 0.3) is 0 Å². The second-order valence-electron chi connectivity index (χ2n) is 2.74. The van der Waals surface area contributed by atoms with Gasteiger partial charge < -0.3 is 16.2 Å². The highest BCUT2D eigenvalue weighted by Gasteiger charge is 2.13. The second-order valence-corrected chi connectivity index (χ2v) is 3.66. The number of carboxylic acid groups (broad SMARTS) is 1. The average Bonchev–Trinajstić information content (AvgIpc) is 2.62. The number of aromatic carboxylic acids is 1. The van der Waals surface area contributed by atoms with Crippen molar-refractivity contribution in [2.24, 2.45) is 5.73 Å². The minimum absolute atomic E-state index is 0.000718. The Morgan fingerprint density at radius 1 is 1.44 bits per heavy atom. The first kappa shape index (κ1) is 12.0. The standard InChI is InChI=1S/C8H9N3O4S/c9-5(12)3-10-8(15)11-6-4(7(13)14)1-2-16-6/h1-2H,3H2,(H2,9,12)(H,13,14)(H2,10,11,15). The molecule has 0 atom stereocenters. The van der Waals surface area contributed by atoms with Gasteiger partial charge in [-0.15, -0.1) is 11.3 Å². The summed E-state index contributed by atoms with van der Waals surface area (Å²) in [6.45, 7) is -0.306. The number of urea groups is 1. The minimum atomic E-state index is -1.13. The van der Waals surface area contributed by atoms with Crippen molar-refractivity contribution in [3.05, 3.63) is 17.0 Å². The normalized spacial score (nSPS) is 9.50. The number of nitrogens with one attached hydrogen (secondary N) is 2. The van der Waals surface area contributed by atoms with E-state index in [1.807, 2.05) is 0 Å². The van der Waals surface area contributed by atoms with Crippen LogP contribution in [0.1, 0.15) is 10.4 Å². The third kappa shape index (κ3) is 3.24. The maximum Gasteiger partial charge on any atom is 0.338 e. The molecule has 5 N–H and O–H groups in total. The van der Waals surface area contributed by atoms with Gasteiger partial charge in [-0.2, -0.15) is 0 Å². The fourth-order valence-corrected chi connectivity index (χ4v) is 1.66. The third-order valence-corrected chi connectivity index (χ3v) is 2.38. The Kier molecular flexibility index (Phi) is 3.84. The van der Waals surface area contributed by atoms with Gasteiger partial charge in [0.1, 0.15) is 5.00 Å². The molecule has 0 saturated heterocycles. The van der Waals surface area contributed by atoms with Crippen LogP contribution in [-0.4, -0.2) is 29.6 Å². The summed E-state index contributed by atoms with van der Waals surface area (Å²) in [5, 5.41) is 15.0. The molecule has 8 heteroatoms. The van der Waals surface area contributed by atoms with Crippen molar-refractivity contribution in [1.29, 1.82) is 0 Å². The molecule has 1 aromatic rings. The van der Waals surface area contributed by atoms with Gasteiger partial charge in [0.25, 0.3) is 0 Å². The van der Waals surface area contributed by atoms with Crippen molar-refractivity contribution in [1.82, 2.24) is 5.32 Å². The van der Waals surface area contributed by atoms with Crippen LogP contribution in [0, 0.1) is 0 Å². The molecule has 86 valence electrons. The summed E-state index contributed by atoms with van der Waals surface area (Å²) in [6, 6.07) is 0.695. The number of amides is 3. The van der Waals surface area contributed by atoms with E-state index in [0.717, 1.165) is 11.3 Å². The molecule has 0 unspecified atom stereocenters. The van der Waals surface area contributed by atoms with Crippen LogP contribution in [0.15, 0.2) is 11.4 Å². The van der Waals surface area contributed by atoms with Gasteiger partial charge >= 0.3 is 12.0 Å². The maximum absolute atomic E-state index is 11.2. The molecule has 0 aliphatic carbocycles. The van der Waals surface area contributed by atoms with Gasteiger partial charge in [0.15, 0.2) is 0 Å². The minimum Gasteiger partial charge on any atom is -0.478 e. The van der Waals surface area contributed by atoms with Crippen LogP contribution in [0.3, 0.4) is 0 Å². The summed E-state index contributed by atoms with van der Waals surface area (Å²) >= 11 is 1.07. The van der Waals surface area contributed by atoms with E-state index in [2.05, 4.69) is 10.6 Å². The van der Waals surface area contributed by atoms with E-state index in [4.69, 9.17) is 10.8 Å². The van der Waals surface area contributed by atoms with Gasteiger partial charge in [0, 0.05) is 0 Å². The predicted molar refractivity (Wildman–Crippen MR) is 57.5 cm³/mol. The van der Waals surface area contributed by atoms with Gasteiger partial charge in [0.2, 0.25) is 5.91 Å². The molecule has 1 aromatic heterocycles. The summed E-state index contributed by atoms with van der Waals surface area (Å²) in [5.41, 5.74) is 4.82. The van der Waals surface area contributed by atoms with E-state index >= 15 is 0 Å². The zero-order valence-corrected chi connectivity index (χ0v) is 8.84. The Morgan fingerprint density at radius 3 is 2.69 bits per heavy atom. The summed E-state index contributed by atoms with van der Waals surface area (Å²) in [5.74, 6) is -1.81. The van der Waals surface area contributed by atoms with Crippen LogP contribution in [0.4, 0.5) is 9.80 Å². The number of carbonyl (C=O) groups is 3. The Bertz CT molecular complexity index is 429. The number of hydrogen-bond donors (Lipinski definition) is 4. The number of thiophene rings is 1. The molecule has 3 amide bonds. The van der Waals surface area contributed by atoms with Crippen molar-refractivity contribution < 1.29 is 19.5 Å². The number of rotatable bonds is 4. The maximum atomic E-state index is 11.2. The number of anilines is 1. The summed E-state index contributed by atoms with van der Waals surface area (Å²) < 4.78 is 0. The molecule has 0 aliphatic heterocycles. The van der Waals surface area contributed by atoms with E-state index in [9.17, 15) is 14.4 Å². The number of carbonyl (C=O) groups excluding carboxylic acids is 2. The highest BCUT2D eigenvalue weighted by molar-refractivity contribution is 7.14. The van der Waals surface area contributed by atoms with Gasteiger partial charge in [-0.1, -0.05) is 0 Å². The lowest BCUT2D eigenvalue weighted by atomic mass is 10.3. The van der Waals surface area contributed by atoms with Gasteiger partial charge in [-0.25, -0.2) is 9.59 Å². The first-order valence-corrected chi connectivity index (χ1v) is 5.02. The average molecular weight is 243 g/mol. The van der Waals surface area contributed by atoms with Gasteiger partial charge in [0.05, 0.1) is 12.1 Å². The molecule has 7 nitrogen and oxygen atoms in total. The number of nitrogens with two attached hydrogens (primary N) is 1. The van der Waals surface area contributed by atoms with Crippen molar-refractivity contribution in [2.45, 2.75) is 0 Å². The Morgan fingerprint density at radius 2 is 2.12 bits per heavy atom. The van der Waals surface area contributed by atoms with Gasteiger partial charge in [-0.05, 0) is 11.4 Å². The predicted octanol–water partition coefficient (Wildman–Crippen LogP) is 0.0531. The molecule has 16 heavy (non-hydrogen) atoms. The Balaban J connectivity index is 2.59. The molecule has 1 rings (SSSR count). The van der Waals surface area contributed by atoms with Crippen LogP contribution in [-0.2, 0) is 4.79 Å². The summed E-state index contributed by atoms with van der Waals surface area (Å²) in [4.78, 5) is 32.2. The molecule has 0 radical (unpaired) electrons. The van der Waals surface area contributed by atoms with Crippen molar-refractivity contribution in [3.63, 3.8) is 0 Å². The SMILES string of the molecule is NC(=O)CNC(=O)Nc1sccc1C(=O)O. The van der Waals surface area contributed by atoms with E-state index in [0.29, 0.717) is 0 Å². The molecule has 0 bridgehead atoms. The molecule has 0 spiro atoms. The van der Waals surface area contributed by atoms with E-state index < -0.39 is 17.9 Å². The molecule has 1 heterocycles. The highest BCUT2D eigenvalue weighted by atomic mass is 32.1. The van der Waals surface area contributed by atoms with Crippen LogP contribution < -0.4 is 16.4 Å². The van der Waals surface area contributed by atoms with E-state index in [1.54, 1.807) is 0 Å². The van der Waals surface area contributed by atoms with Crippen LogP contribution >= 0.6 is 11.3 Å². The lowest BCUT2D eigenvalue weighted by molar-refractivity contribution is -0.117. The Hall–Kier alpha value is -2.09. The lowest BCUT2D eigenvalue weighted by Crippen LogP contribution is -2.36. The second kappa shape index (κ2) is 5.12. The fraction of sp³-hybridized carbons (Fsp3) is 0.125. The topological polar surface area (TPSA) is 122 Å². The third-order valence-electron chi connectivity index (χ3n) is 1.55. The van der Waals surface area contributed by atoms with E-state index in [-0.39, 0.29) is 17.1 Å². The molecular weight excluding hydrogens is 234 g/mol. The highest BCUT2D eigenvalue weighted by Crippen LogP contribution is 2.22. The molecule has 0 saturated carbocycles. The van der Waals surface area contributed by atoms with E-state index in [1.165, 1.54) is 11.4 Å². The number of primary amides is 1. The lowest BCUT2D eigenvalue weighted by Gasteiger charge is -2.04. The van der Waals surface area contributed by atoms with Crippen molar-refractivity contribution in [2.75, 3.05) is 11.9 Å². The quantitative estimate of drug-likeness (QED) is 0.597. The monoisotopic (exact) mass is 243 g/mol. The van der Waals surface area contributed by atoms with Crippen LogP contribution in [0.5, 0.6) is 0 Å². The summed E-state index contributed by atoms with van der Waals surface area (Å²) in [6.07, 6.45) is 0.